The molecule has 0 aliphatic carbocycles. The zero-order valence-corrected chi connectivity index (χ0v) is 14.6. The number of aromatic nitrogens is 2. The van der Waals surface area contributed by atoms with Crippen LogP contribution in [0, 0.1) is 6.92 Å². The van der Waals surface area contributed by atoms with Crippen LogP contribution in [0.25, 0.3) is 0 Å². The summed E-state index contributed by atoms with van der Waals surface area (Å²) in [6.07, 6.45) is 3.14. The maximum absolute atomic E-state index is 12.8. The largest absolute Gasteiger partial charge is 0.347 e. The predicted molar refractivity (Wildman–Crippen MR) is 90.7 cm³/mol. The van der Waals surface area contributed by atoms with Crippen LogP contribution < -0.4 is 0 Å². The molecule has 2 aromatic rings. The molecule has 24 heavy (non-hydrogen) atoms. The molecule has 0 radical (unpaired) electrons. The van der Waals surface area contributed by atoms with Crippen LogP contribution in [-0.2, 0) is 18.4 Å². The van der Waals surface area contributed by atoms with Crippen LogP contribution in [0.1, 0.15) is 34.0 Å². The molecule has 0 bridgehead atoms. The first-order valence-electron chi connectivity index (χ1n) is 8.17. The number of amides is 2. The van der Waals surface area contributed by atoms with Gasteiger partial charge in [-0.05, 0) is 25.5 Å². The molecule has 2 unspecified atom stereocenters. The van der Waals surface area contributed by atoms with Gasteiger partial charge in [0.15, 0.2) is 0 Å². The number of carbonyl (C=O) groups excluding carboxylic acids is 2. The molecule has 4 heterocycles. The summed E-state index contributed by atoms with van der Waals surface area (Å²) in [7, 11) is 1.87. The number of carbonyl (C=O) groups is 2. The lowest BCUT2D eigenvalue weighted by atomic mass is 10.1. The lowest BCUT2D eigenvalue weighted by Gasteiger charge is -2.25. The fourth-order valence-electron chi connectivity index (χ4n) is 3.87. The lowest BCUT2D eigenvalue weighted by Crippen LogP contribution is -2.40. The number of rotatable bonds is 3. The van der Waals surface area contributed by atoms with Gasteiger partial charge in [-0.25, -0.2) is 4.98 Å². The molecular formula is C17H20N4O2S. The van der Waals surface area contributed by atoms with Crippen molar-refractivity contribution in [1.29, 1.82) is 0 Å². The van der Waals surface area contributed by atoms with Crippen molar-refractivity contribution in [2.75, 3.05) is 6.54 Å². The van der Waals surface area contributed by atoms with Crippen LogP contribution >= 0.6 is 11.3 Å². The third kappa shape index (κ3) is 2.43. The van der Waals surface area contributed by atoms with E-state index in [-0.39, 0.29) is 23.9 Å². The van der Waals surface area contributed by atoms with Crippen LogP contribution in [-0.4, -0.2) is 49.8 Å². The van der Waals surface area contributed by atoms with Crippen molar-refractivity contribution in [2.24, 2.45) is 7.05 Å². The normalized spacial score (nSPS) is 23.2. The quantitative estimate of drug-likeness (QED) is 0.853. The molecule has 2 saturated heterocycles. The van der Waals surface area contributed by atoms with E-state index in [2.05, 4.69) is 4.98 Å². The van der Waals surface area contributed by atoms with Crippen LogP contribution in [0.3, 0.4) is 0 Å². The van der Waals surface area contributed by atoms with Crippen molar-refractivity contribution >= 4 is 23.2 Å². The standard InChI is InChI=1S/C17H20N4O2S/c1-11-18-12(10-24-11)9-21-13-5-7-20(15(13)8-16(21)22)17(23)14-4-3-6-19(14)2/h3-4,6,10,13,15H,5,7-9H2,1-2H3. The highest BCUT2D eigenvalue weighted by molar-refractivity contribution is 7.09. The van der Waals surface area contributed by atoms with Gasteiger partial charge in [0.2, 0.25) is 5.91 Å². The van der Waals surface area contributed by atoms with E-state index < -0.39 is 0 Å². The molecule has 2 amide bonds. The summed E-state index contributed by atoms with van der Waals surface area (Å²) in [6, 6.07) is 3.81. The summed E-state index contributed by atoms with van der Waals surface area (Å²) in [6.45, 7) is 3.23. The van der Waals surface area contributed by atoms with Crippen molar-refractivity contribution in [2.45, 2.75) is 38.4 Å². The van der Waals surface area contributed by atoms with Gasteiger partial charge in [0.05, 0.1) is 29.3 Å². The Kier molecular flexibility index (Phi) is 3.68. The maximum Gasteiger partial charge on any atom is 0.270 e. The molecule has 0 aromatic carbocycles. The fourth-order valence-corrected chi connectivity index (χ4v) is 4.48. The molecular weight excluding hydrogens is 324 g/mol. The molecule has 0 spiro atoms. The number of aryl methyl sites for hydroxylation is 2. The SMILES string of the molecule is Cc1nc(CN2C(=O)CC3C2CCN3C(=O)c2cccn2C)cs1. The molecule has 2 aromatic heterocycles. The molecule has 6 nitrogen and oxygen atoms in total. The van der Waals surface area contributed by atoms with Crippen molar-refractivity contribution < 1.29 is 9.59 Å². The van der Waals surface area contributed by atoms with Gasteiger partial charge >= 0.3 is 0 Å². The van der Waals surface area contributed by atoms with Gasteiger partial charge in [0, 0.05) is 31.6 Å². The number of hydrogen-bond acceptors (Lipinski definition) is 4. The molecule has 0 saturated carbocycles. The summed E-state index contributed by atoms with van der Waals surface area (Å²) < 4.78 is 1.84. The second kappa shape index (κ2) is 5.73. The van der Waals surface area contributed by atoms with Crippen molar-refractivity contribution in [3.05, 3.63) is 40.1 Å². The smallest absolute Gasteiger partial charge is 0.270 e. The molecule has 0 N–H and O–H groups in total. The van der Waals surface area contributed by atoms with E-state index in [0.717, 1.165) is 17.1 Å². The van der Waals surface area contributed by atoms with Crippen LogP contribution in [0.2, 0.25) is 0 Å². The summed E-state index contributed by atoms with van der Waals surface area (Å²) in [5, 5.41) is 3.03. The maximum atomic E-state index is 12.8. The van der Waals surface area contributed by atoms with Gasteiger partial charge < -0.3 is 14.4 Å². The Labute approximate surface area is 144 Å². The molecule has 2 fully saturated rings. The van der Waals surface area contributed by atoms with Gasteiger partial charge in [-0.1, -0.05) is 0 Å². The van der Waals surface area contributed by atoms with E-state index in [1.165, 1.54) is 0 Å². The van der Waals surface area contributed by atoms with Gasteiger partial charge in [-0.15, -0.1) is 11.3 Å². The Bertz CT molecular complexity index is 796. The number of fused-ring (bicyclic) bond motifs is 1. The average molecular weight is 344 g/mol. The van der Waals surface area contributed by atoms with Crippen molar-refractivity contribution in [1.82, 2.24) is 19.4 Å². The Morgan fingerprint density at radius 2 is 2.25 bits per heavy atom. The van der Waals surface area contributed by atoms with Crippen molar-refractivity contribution in [3.63, 3.8) is 0 Å². The average Bonchev–Trinajstić information content (AvgIpc) is 3.28. The van der Waals surface area contributed by atoms with Crippen LogP contribution in [0.15, 0.2) is 23.7 Å². The summed E-state index contributed by atoms with van der Waals surface area (Å²) in [5.41, 5.74) is 1.62. The number of hydrogen-bond donors (Lipinski definition) is 0. The summed E-state index contributed by atoms with van der Waals surface area (Å²) in [4.78, 5) is 33.6. The van der Waals surface area contributed by atoms with Crippen LogP contribution in [0.5, 0.6) is 0 Å². The minimum absolute atomic E-state index is 0.0142. The molecule has 4 rings (SSSR count). The summed E-state index contributed by atoms with van der Waals surface area (Å²) >= 11 is 1.60. The van der Waals surface area contributed by atoms with Gasteiger partial charge in [0.25, 0.3) is 5.91 Å². The van der Waals surface area contributed by atoms with E-state index in [1.54, 1.807) is 11.3 Å². The summed E-state index contributed by atoms with van der Waals surface area (Å²) in [5.74, 6) is 0.147. The minimum atomic E-state index is -0.0142. The molecule has 2 atom stereocenters. The molecule has 7 heteroatoms. The fraction of sp³-hybridized carbons (Fsp3) is 0.471. The van der Waals surface area contributed by atoms with Crippen molar-refractivity contribution in [3.8, 4) is 0 Å². The highest BCUT2D eigenvalue weighted by atomic mass is 32.1. The lowest BCUT2D eigenvalue weighted by molar-refractivity contribution is -0.129. The first-order valence-corrected chi connectivity index (χ1v) is 9.05. The second-order valence-corrected chi connectivity index (χ2v) is 7.57. The van der Waals surface area contributed by atoms with E-state index in [1.807, 2.05) is 52.0 Å². The van der Waals surface area contributed by atoms with E-state index >= 15 is 0 Å². The van der Waals surface area contributed by atoms with Gasteiger partial charge in [-0.3, -0.25) is 9.59 Å². The highest BCUT2D eigenvalue weighted by Gasteiger charge is 2.48. The Morgan fingerprint density at radius 1 is 1.42 bits per heavy atom. The Balaban J connectivity index is 1.53. The number of likely N-dealkylation sites (tertiary alicyclic amines) is 2. The Morgan fingerprint density at radius 3 is 2.92 bits per heavy atom. The highest BCUT2D eigenvalue weighted by Crippen LogP contribution is 2.34. The Hall–Kier alpha value is -2.15. The van der Waals surface area contributed by atoms with Gasteiger partial charge in [-0.2, -0.15) is 0 Å². The zero-order valence-electron chi connectivity index (χ0n) is 13.8. The van der Waals surface area contributed by atoms with E-state index in [4.69, 9.17) is 0 Å². The minimum Gasteiger partial charge on any atom is -0.347 e. The number of thiazole rings is 1. The first kappa shape index (κ1) is 15.4. The molecule has 2 aliphatic rings. The monoisotopic (exact) mass is 344 g/mol. The third-order valence-corrected chi connectivity index (χ3v) is 5.86. The van der Waals surface area contributed by atoms with E-state index in [0.29, 0.717) is 25.2 Å². The van der Waals surface area contributed by atoms with E-state index in [9.17, 15) is 9.59 Å². The van der Waals surface area contributed by atoms with Crippen LogP contribution in [0.4, 0.5) is 0 Å². The topological polar surface area (TPSA) is 58.4 Å². The number of nitrogens with zero attached hydrogens (tertiary/aromatic N) is 4. The third-order valence-electron chi connectivity index (χ3n) is 5.04. The molecule has 126 valence electrons. The first-order chi connectivity index (χ1) is 11.5. The zero-order chi connectivity index (χ0) is 16.8. The van der Waals surface area contributed by atoms with Gasteiger partial charge in [0.1, 0.15) is 5.69 Å². The predicted octanol–water partition coefficient (Wildman–Crippen LogP) is 1.81. The molecule has 2 aliphatic heterocycles. The second-order valence-electron chi connectivity index (χ2n) is 6.51.